The lowest BCUT2D eigenvalue weighted by molar-refractivity contribution is -0.140. The summed E-state index contributed by atoms with van der Waals surface area (Å²) in [6.45, 7) is 0.303. The minimum atomic E-state index is -1.32. The van der Waals surface area contributed by atoms with E-state index in [0.29, 0.717) is 0 Å². The predicted octanol–water partition coefficient (Wildman–Crippen LogP) is 1.37. The molecule has 32 heavy (non-hydrogen) atoms. The molecule has 9 heteroatoms. The van der Waals surface area contributed by atoms with Crippen LogP contribution in [-0.4, -0.2) is 54.2 Å². The molecule has 0 saturated carbocycles. The second-order valence-electron chi connectivity index (χ2n) is 7.83. The van der Waals surface area contributed by atoms with Gasteiger partial charge in [0.05, 0.1) is 12.5 Å². The highest BCUT2D eigenvalue weighted by Gasteiger charge is 2.31. The Morgan fingerprint density at radius 3 is 2.25 bits per heavy atom. The normalized spacial score (nSPS) is 17.6. The number of carboxylic acids is 1. The standard InChI is InChI=1S/C23H23N3O6/c27-20-9-13(11-24-20)25-22(30)19(10-21(28)29)26-23(31)32-12-18-16-7-3-1-5-14(16)15-6-2-4-8-17(15)18/h1-8,13,18-19H,9-12H2,(H,24,27)(H,25,30)(H,26,31)(H,28,29). The Morgan fingerprint density at radius 1 is 1.06 bits per heavy atom. The Balaban J connectivity index is 1.40. The topological polar surface area (TPSA) is 134 Å². The molecule has 1 heterocycles. The van der Waals surface area contributed by atoms with Crippen LogP contribution in [0, 0.1) is 0 Å². The number of aliphatic carboxylic acids is 1. The molecule has 0 bridgehead atoms. The molecular weight excluding hydrogens is 414 g/mol. The lowest BCUT2D eigenvalue weighted by Gasteiger charge is -2.20. The number of rotatable bonds is 7. The summed E-state index contributed by atoms with van der Waals surface area (Å²) >= 11 is 0. The van der Waals surface area contributed by atoms with E-state index in [0.717, 1.165) is 22.3 Å². The number of carbonyl (C=O) groups is 4. The van der Waals surface area contributed by atoms with Crippen LogP contribution in [0.15, 0.2) is 48.5 Å². The molecule has 0 spiro atoms. The van der Waals surface area contributed by atoms with Gasteiger partial charge in [0.1, 0.15) is 12.6 Å². The second kappa shape index (κ2) is 9.09. The van der Waals surface area contributed by atoms with Crippen LogP contribution in [-0.2, 0) is 19.1 Å². The molecule has 3 amide bonds. The van der Waals surface area contributed by atoms with Gasteiger partial charge in [-0.15, -0.1) is 0 Å². The van der Waals surface area contributed by atoms with E-state index in [1.54, 1.807) is 0 Å². The second-order valence-corrected chi connectivity index (χ2v) is 7.83. The molecule has 1 aliphatic heterocycles. The third-order valence-electron chi connectivity index (χ3n) is 5.65. The zero-order valence-corrected chi connectivity index (χ0v) is 17.2. The summed E-state index contributed by atoms with van der Waals surface area (Å²) in [5.74, 6) is -2.28. The van der Waals surface area contributed by atoms with Gasteiger partial charge in [0.25, 0.3) is 0 Å². The van der Waals surface area contributed by atoms with E-state index >= 15 is 0 Å². The first-order chi connectivity index (χ1) is 15.4. The van der Waals surface area contributed by atoms with Gasteiger partial charge in [-0.05, 0) is 22.3 Å². The van der Waals surface area contributed by atoms with Gasteiger partial charge in [-0.25, -0.2) is 4.79 Å². The van der Waals surface area contributed by atoms with Crippen molar-refractivity contribution in [1.82, 2.24) is 16.0 Å². The van der Waals surface area contributed by atoms with E-state index in [1.807, 2.05) is 48.5 Å². The van der Waals surface area contributed by atoms with E-state index in [1.165, 1.54) is 0 Å². The molecule has 2 unspecified atom stereocenters. The number of hydrogen-bond acceptors (Lipinski definition) is 5. The molecule has 0 radical (unpaired) electrons. The van der Waals surface area contributed by atoms with Crippen molar-refractivity contribution < 1.29 is 29.0 Å². The van der Waals surface area contributed by atoms with Gasteiger partial charge in [-0.1, -0.05) is 48.5 Å². The molecule has 1 fully saturated rings. The van der Waals surface area contributed by atoms with Crippen molar-refractivity contribution in [3.63, 3.8) is 0 Å². The van der Waals surface area contributed by atoms with E-state index in [4.69, 9.17) is 9.84 Å². The van der Waals surface area contributed by atoms with Crippen LogP contribution >= 0.6 is 0 Å². The van der Waals surface area contributed by atoms with Gasteiger partial charge in [0, 0.05) is 18.9 Å². The molecule has 9 nitrogen and oxygen atoms in total. The van der Waals surface area contributed by atoms with E-state index in [-0.39, 0.29) is 31.4 Å². The van der Waals surface area contributed by atoms with Crippen LogP contribution in [0.2, 0.25) is 0 Å². The molecule has 0 aromatic heterocycles. The molecule has 4 N–H and O–H groups in total. The first-order valence-corrected chi connectivity index (χ1v) is 10.3. The van der Waals surface area contributed by atoms with E-state index in [9.17, 15) is 19.2 Å². The monoisotopic (exact) mass is 437 g/mol. The van der Waals surface area contributed by atoms with Crippen molar-refractivity contribution in [2.24, 2.45) is 0 Å². The Bertz CT molecular complexity index is 1020. The van der Waals surface area contributed by atoms with Gasteiger partial charge in [-0.2, -0.15) is 0 Å². The third-order valence-corrected chi connectivity index (χ3v) is 5.65. The van der Waals surface area contributed by atoms with Gasteiger partial charge in [0.2, 0.25) is 11.8 Å². The van der Waals surface area contributed by atoms with Crippen molar-refractivity contribution >= 4 is 23.9 Å². The van der Waals surface area contributed by atoms with E-state index < -0.39 is 36.5 Å². The molecule has 166 valence electrons. The van der Waals surface area contributed by atoms with Crippen molar-refractivity contribution in [3.05, 3.63) is 59.7 Å². The number of carboxylic acid groups (broad SMARTS) is 1. The summed E-state index contributed by atoms with van der Waals surface area (Å²) in [5, 5.41) is 16.6. The number of carbonyl (C=O) groups excluding carboxylic acids is 3. The first-order valence-electron chi connectivity index (χ1n) is 10.3. The Hall–Kier alpha value is -3.88. The highest BCUT2D eigenvalue weighted by Crippen LogP contribution is 2.44. The molecule has 1 saturated heterocycles. The Morgan fingerprint density at radius 2 is 1.69 bits per heavy atom. The molecule has 2 aromatic carbocycles. The predicted molar refractivity (Wildman–Crippen MR) is 114 cm³/mol. The van der Waals surface area contributed by atoms with Gasteiger partial charge < -0.3 is 25.8 Å². The number of alkyl carbamates (subject to hydrolysis) is 1. The highest BCUT2D eigenvalue weighted by molar-refractivity contribution is 5.90. The smallest absolute Gasteiger partial charge is 0.407 e. The largest absolute Gasteiger partial charge is 0.481 e. The molecule has 4 rings (SSSR count). The number of nitrogens with one attached hydrogen (secondary N) is 3. The minimum Gasteiger partial charge on any atom is -0.481 e. The van der Waals surface area contributed by atoms with Gasteiger partial charge >= 0.3 is 12.1 Å². The fraction of sp³-hybridized carbons (Fsp3) is 0.304. The highest BCUT2D eigenvalue weighted by atomic mass is 16.5. The number of ether oxygens (including phenoxy) is 1. The molecule has 2 aliphatic rings. The number of hydrogen-bond donors (Lipinski definition) is 4. The Labute approximate surface area is 184 Å². The first kappa shape index (κ1) is 21.4. The fourth-order valence-corrected chi connectivity index (χ4v) is 4.18. The summed E-state index contributed by atoms with van der Waals surface area (Å²) in [7, 11) is 0. The maximum atomic E-state index is 12.5. The maximum Gasteiger partial charge on any atom is 0.407 e. The van der Waals surface area contributed by atoms with Crippen LogP contribution in [0.25, 0.3) is 11.1 Å². The maximum absolute atomic E-state index is 12.5. The summed E-state index contributed by atoms with van der Waals surface area (Å²) in [6.07, 6.45) is -1.38. The van der Waals surface area contributed by atoms with Crippen LogP contribution in [0.1, 0.15) is 29.9 Å². The van der Waals surface area contributed by atoms with Crippen molar-refractivity contribution in [2.45, 2.75) is 30.8 Å². The summed E-state index contributed by atoms with van der Waals surface area (Å²) in [4.78, 5) is 47.4. The van der Waals surface area contributed by atoms with Crippen LogP contribution < -0.4 is 16.0 Å². The van der Waals surface area contributed by atoms with E-state index in [2.05, 4.69) is 16.0 Å². The fourth-order valence-electron chi connectivity index (χ4n) is 4.18. The van der Waals surface area contributed by atoms with Crippen molar-refractivity contribution in [1.29, 1.82) is 0 Å². The van der Waals surface area contributed by atoms with Crippen molar-refractivity contribution in [3.8, 4) is 11.1 Å². The summed E-state index contributed by atoms with van der Waals surface area (Å²) in [6, 6.07) is 14.0. The van der Waals surface area contributed by atoms with Gasteiger partial charge in [-0.3, -0.25) is 14.4 Å². The Kier molecular flexibility index (Phi) is 6.07. The SMILES string of the molecule is O=C(O)CC(NC(=O)OCC1c2ccccc2-c2ccccc21)C(=O)NC1CNC(=O)C1. The molecule has 2 aromatic rings. The molecule has 1 aliphatic carbocycles. The number of fused-ring (bicyclic) bond motifs is 3. The summed E-state index contributed by atoms with van der Waals surface area (Å²) in [5.41, 5.74) is 4.25. The number of amides is 3. The minimum absolute atomic E-state index is 0.0440. The lowest BCUT2D eigenvalue weighted by Crippen LogP contribution is -2.51. The average molecular weight is 437 g/mol. The van der Waals surface area contributed by atoms with Crippen LogP contribution in [0.3, 0.4) is 0 Å². The average Bonchev–Trinajstić information content (AvgIpc) is 3.32. The van der Waals surface area contributed by atoms with Crippen LogP contribution in [0.4, 0.5) is 4.79 Å². The van der Waals surface area contributed by atoms with Gasteiger partial charge in [0.15, 0.2) is 0 Å². The zero-order valence-electron chi connectivity index (χ0n) is 17.2. The third kappa shape index (κ3) is 4.56. The molecular formula is C23H23N3O6. The molecule has 2 atom stereocenters. The quantitative estimate of drug-likeness (QED) is 0.517. The zero-order chi connectivity index (χ0) is 22.7. The lowest BCUT2D eigenvalue weighted by atomic mass is 9.98. The van der Waals surface area contributed by atoms with Crippen molar-refractivity contribution in [2.75, 3.05) is 13.2 Å². The van der Waals surface area contributed by atoms with Crippen LogP contribution in [0.5, 0.6) is 0 Å². The number of benzene rings is 2. The summed E-state index contributed by atoms with van der Waals surface area (Å²) < 4.78 is 5.40.